The first kappa shape index (κ1) is 17.9. The van der Waals surface area contributed by atoms with Gasteiger partial charge in [-0.1, -0.05) is 12.1 Å². The van der Waals surface area contributed by atoms with Crippen LogP contribution in [0.5, 0.6) is 0 Å². The third-order valence-corrected chi connectivity index (χ3v) is 6.02. The van der Waals surface area contributed by atoms with Crippen LogP contribution in [0.1, 0.15) is 44.0 Å². The van der Waals surface area contributed by atoms with Crippen LogP contribution in [-0.2, 0) is 16.0 Å². The van der Waals surface area contributed by atoms with Gasteiger partial charge < -0.3 is 10.0 Å². The Morgan fingerprint density at radius 2 is 2.08 bits per heavy atom. The van der Waals surface area contributed by atoms with Crippen LogP contribution in [-0.4, -0.2) is 39.5 Å². The summed E-state index contributed by atoms with van der Waals surface area (Å²) in [5.41, 5.74) is 1.04. The number of piperidine rings is 1. The molecular formula is C19H24N2O3S. The molecule has 2 heterocycles. The third-order valence-electron chi connectivity index (χ3n) is 4.92. The van der Waals surface area contributed by atoms with Crippen LogP contribution in [0.3, 0.4) is 0 Å². The largest absolute Gasteiger partial charge is 0.481 e. The van der Waals surface area contributed by atoms with Crippen LogP contribution in [0.4, 0.5) is 0 Å². The van der Waals surface area contributed by atoms with Crippen molar-refractivity contribution in [2.45, 2.75) is 51.5 Å². The van der Waals surface area contributed by atoms with Crippen molar-refractivity contribution in [2.24, 2.45) is 5.92 Å². The van der Waals surface area contributed by atoms with Crippen molar-refractivity contribution in [3.05, 3.63) is 29.3 Å². The monoisotopic (exact) mass is 360 g/mol. The Labute approximate surface area is 151 Å². The number of rotatable bonds is 6. The number of aliphatic carboxylic acids is 1. The molecule has 0 radical (unpaired) electrons. The molecule has 0 aliphatic carbocycles. The molecule has 1 N–H and O–H groups in total. The van der Waals surface area contributed by atoms with Gasteiger partial charge in [-0.15, -0.1) is 11.3 Å². The number of carboxylic acid groups (broad SMARTS) is 1. The first-order valence-corrected chi connectivity index (χ1v) is 9.73. The van der Waals surface area contributed by atoms with Gasteiger partial charge in [0.1, 0.15) is 0 Å². The molecule has 0 saturated carbocycles. The van der Waals surface area contributed by atoms with Gasteiger partial charge in [-0.2, -0.15) is 0 Å². The number of likely N-dealkylation sites (tertiary alicyclic amines) is 1. The number of para-hydroxylation sites is 1. The number of hydrogen-bond acceptors (Lipinski definition) is 4. The maximum Gasteiger partial charge on any atom is 0.308 e. The van der Waals surface area contributed by atoms with Crippen molar-refractivity contribution >= 4 is 33.4 Å². The Balaban J connectivity index is 1.46. The van der Waals surface area contributed by atoms with E-state index in [1.807, 2.05) is 25.1 Å². The molecule has 5 nitrogen and oxygen atoms in total. The van der Waals surface area contributed by atoms with Crippen LogP contribution >= 0.6 is 11.3 Å². The highest BCUT2D eigenvalue weighted by Gasteiger charge is 2.32. The number of carboxylic acids is 1. The zero-order valence-electron chi connectivity index (χ0n) is 14.5. The first-order chi connectivity index (χ1) is 12.0. The number of nitrogens with zero attached hydrogens (tertiary/aromatic N) is 2. The molecule has 1 aromatic carbocycles. The number of amides is 1. The lowest BCUT2D eigenvalue weighted by molar-refractivity contribution is -0.147. The lowest BCUT2D eigenvalue weighted by Gasteiger charge is -2.36. The lowest BCUT2D eigenvalue weighted by Crippen LogP contribution is -2.47. The second kappa shape index (κ2) is 7.95. The Morgan fingerprint density at radius 3 is 2.84 bits per heavy atom. The highest BCUT2D eigenvalue weighted by atomic mass is 32.1. The van der Waals surface area contributed by atoms with E-state index in [0.717, 1.165) is 36.2 Å². The molecule has 1 saturated heterocycles. The number of carbonyl (C=O) groups is 2. The van der Waals surface area contributed by atoms with Crippen molar-refractivity contribution in [1.82, 2.24) is 9.88 Å². The highest BCUT2D eigenvalue weighted by molar-refractivity contribution is 7.18. The quantitative estimate of drug-likeness (QED) is 0.797. The summed E-state index contributed by atoms with van der Waals surface area (Å²) in [6.45, 7) is 2.37. The van der Waals surface area contributed by atoms with Gasteiger partial charge in [0.05, 0.1) is 21.1 Å². The summed E-state index contributed by atoms with van der Waals surface area (Å²) in [4.78, 5) is 30.0. The fourth-order valence-corrected chi connectivity index (χ4v) is 4.39. The molecular weight excluding hydrogens is 336 g/mol. The summed E-state index contributed by atoms with van der Waals surface area (Å²) in [6, 6.07) is 8.26. The molecule has 6 heteroatoms. The zero-order chi connectivity index (χ0) is 17.8. The highest BCUT2D eigenvalue weighted by Crippen LogP contribution is 2.25. The second-order valence-corrected chi connectivity index (χ2v) is 7.91. The molecule has 1 aromatic heterocycles. The first-order valence-electron chi connectivity index (χ1n) is 8.91. The lowest BCUT2D eigenvalue weighted by atomic mass is 9.93. The number of unbranched alkanes of at least 4 members (excludes halogenated alkanes) is 1. The van der Waals surface area contributed by atoms with E-state index in [9.17, 15) is 14.7 Å². The third kappa shape index (κ3) is 4.37. The van der Waals surface area contributed by atoms with E-state index in [0.29, 0.717) is 19.4 Å². The average molecular weight is 360 g/mol. The fourth-order valence-electron chi connectivity index (χ4n) is 3.38. The number of benzene rings is 1. The van der Waals surface area contributed by atoms with Gasteiger partial charge in [-0.05, 0) is 51.2 Å². The van der Waals surface area contributed by atoms with Gasteiger partial charge in [0.25, 0.3) is 0 Å². The van der Waals surface area contributed by atoms with Crippen molar-refractivity contribution in [1.29, 1.82) is 0 Å². The molecule has 1 aliphatic heterocycles. The summed E-state index contributed by atoms with van der Waals surface area (Å²) in [5, 5.41) is 10.3. The van der Waals surface area contributed by atoms with Crippen molar-refractivity contribution < 1.29 is 14.7 Å². The summed E-state index contributed by atoms with van der Waals surface area (Å²) in [5.74, 6) is -1.12. The Bertz CT molecular complexity index is 725. The average Bonchev–Trinajstić information content (AvgIpc) is 3.01. The standard InChI is InChI=1S/C19H24N2O3S/c1-13-10-11-14(19(23)24)12-21(13)18(22)9-5-4-8-17-20-15-6-2-3-7-16(15)25-17/h2-3,6-7,13-14H,4-5,8-12H2,1H3,(H,23,24). The zero-order valence-corrected chi connectivity index (χ0v) is 15.3. The van der Waals surface area contributed by atoms with E-state index in [1.165, 1.54) is 4.70 Å². The molecule has 1 aliphatic rings. The maximum absolute atomic E-state index is 12.4. The Hall–Kier alpha value is -1.95. The van der Waals surface area contributed by atoms with E-state index in [-0.39, 0.29) is 11.9 Å². The van der Waals surface area contributed by atoms with Crippen LogP contribution in [0.25, 0.3) is 10.2 Å². The number of thiazole rings is 1. The number of fused-ring (bicyclic) bond motifs is 1. The van der Waals surface area contributed by atoms with Gasteiger partial charge in [-0.25, -0.2) is 4.98 Å². The Kier molecular flexibility index (Phi) is 5.68. The van der Waals surface area contributed by atoms with Crippen LogP contribution in [0, 0.1) is 5.92 Å². The van der Waals surface area contributed by atoms with E-state index in [2.05, 4.69) is 11.1 Å². The van der Waals surface area contributed by atoms with Crippen LogP contribution < -0.4 is 0 Å². The minimum absolute atomic E-state index is 0.0859. The van der Waals surface area contributed by atoms with Crippen LogP contribution in [0.15, 0.2) is 24.3 Å². The topological polar surface area (TPSA) is 70.5 Å². The Morgan fingerprint density at radius 1 is 1.28 bits per heavy atom. The van der Waals surface area contributed by atoms with Crippen molar-refractivity contribution in [2.75, 3.05) is 6.54 Å². The summed E-state index contributed by atoms with van der Waals surface area (Å²) < 4.78 is 1.20. The predicted octanol–water partition coefficient (Wildman–Crippen LogP) is 3.72. The minimum atomic E-state index is -0.791. The molecule has 2 atom stereocenters. The SMILES string of the molecule is CC1CCC(C(=O)O)CN1C(=O)CCCCc1nc2ccccc2s1. The van der Waals surface area contributed by atoms with Gasteiger partial charge in [0.2, 0.25) is 5.91 Å². The van der Waals surface area contributed by atoms with E-state index in [1.54, 1.807) is 16.2 Å². The molecule has 1 fully saturated rings. The summed E-state index contributed by atoms with van der Waals surface area (Å²) >= 11 is 1.72. The molecule has 3 rings (SSSR count). The predicted molar refractivity (Wildman–Crippen MR) is 98.7 cm³/mol. The van der Waals surface area contributed by atoms with Gasteiger partial charge >= 0.3 is 5.97 Å². The smallest absolute Gasteiger partial charge is 0.308 e. The molecule has 2 unspecified atom stereocenters. The van der Waals surface area contributed by atoms with Crippen molar-refractivity contribution in [3.8, 4) is 0 Å². The van der Waals surface area contributed by atoms with Gasteiger partial charge in [0.15, 0.2) is 0 Å². The minimum Gasteiger partial charge on any atom is -0.481 e. The summed E-state index contributed by atoms with van der Waals surface area (Å²) in [7, 11) is 0. The molecule has 0 spiro atoms. The molecule has 1 amide bonds. The van der Waals surface area contributed by atoms with E-state index >= 15 is 0 Å². The maximum atomic E-state index is 12.4. The van der Waals surface area contributed by atoms with Gasteiger partial charge in [0, 0.05) is 19.0 Å². The molecule has 0 bridgehead atoms. The van der Waals surface area contributed by atoms with Crippen molar-refractivity contribution in [3.63, 3.8) is 0 Å². The fraction of sp³-hybridized carbons (Fsp3) is 0.526. The number of carbonyl (C=O) groups excluding carboxylic acids is 1. The van der Waals surface area contributed by atoms with Gasteiger partial charge in [-0.3, -0.25) is 9.59 Å². The van der Waals surface area contributed by atoms with E-state index in [4.69, 9.17) is 0 Å². The molecule has 25 heavy (non-hydrogen) atoms. The van der Waals surface area contributed by atoms with E-state index < -0.39 is 11.9 Å². The number of aromatic nitrogens is 1. The summed E-state index contributed by atoms with van der Waals surface area (Å²) in [6.07, 6.45) is 4.56. The number of hydrogen-bond donors (Lipinski definition) is 1. The number of aryl methyl sites for hydroxylation is 1. The second-order valence-electron chi connectivity index (χ2n) is 6.79. The molecule has 134 valence electrons. The molecule has 2 aromatic rings. The normalized spacial score (nSPS) is 20.8. The van der Waals surface area contributed by atoms with Crippen LogP contribution in [0.2, 0.25) is 0 Å².